The van der Waals surface area contributed by atoms with Crippen molar-refractivity contribution in [1.82, 2.24) is 14.8 Å². The Morgan fingerprint density at radius 3 is 2.15 bits per heavy atom. The van der Waals surface area contributed by atoms with E-state index in [1.807, 2.05) is 58.8 Å². The standard InChI is InChI=1S/C37H47F4N3O4/c1-10-48-33(46)19-30(28-17-27(18-29(35(28)38)37(39,40)41)34-24(6)14-22(4)15-25(34)7)42-36(47)31(13-21(2)3)44-20-26(11-12-43(8)9)23(5)16-32(44)45/h14-18,20-21,30-31H,10-13,19H2,1-9H3,(H,42,47)/t30-,31?/m0/s1. The minimum absolute atomic E-state index is 0.0258. The first-order valence-corrected chi connectivity index (χ1v) is 16.1. The van der Waals surface area contributed by atoms with Gasteiger partial charge in [0.25, 0.3) is 5.56 Å². The van der Waals surface area contributed by atoms with E-state index in [-0.39, 0.29) is 24.5 Å². The molecule has 7 nitrogen and oxygen atoms in total. The summed E-state index contributed by atoms with van der Waals surface area (Å²) >= 11 is 0. The summed E-state index contributed by atoms with van der Waals surface area (Å²) in [6.45, 7) is 13.2. The van der Waals surface area contributed by atoms with Crippen molar-refractivity contribution in [1.29, 1.82) is 0 Å². The summed E-state index contributed by atoms with van der Waals surface area (Å²) < 4.78 is 65.5. The van der Waals surface area contributed by atoms with E-state index in [1.165, 1.54) is 16.7 Å². The van der Waals surface area contributed by atoms with Crippen LogP contribution in [0.1, 0.15) is 84.6 Å². The number of benzene rings is 2. The van der Waals surface area contributed by atoms with E-state index < -0.39 is 59.1 Å². The van der Waals surface area contributed by atoms with Crippen molar-refractivity contribution in [2.45, 2.75) is 86.0 Å². The molecule has 262 valence electrons. The molecule has 1 unspecified atom stereocenters. The van der Waals surface area contributed by atoms with Crippen LogP contribution in [0.4, 0.5) is 17.6 Å². The molecule has 0 aliphatic carbocycles. The predicted molar refractivity (Wildman–Crippen MR) is 179 cm³/mol. The summed E-state index contributed by atoms with van der Waals surface area (Å²) in [6, 6.07) is 4.48. The smallest absolute Gasteiger partial charge is 0.419 e. The van der Waals surface area contributed by atoms with Gasteiger partial charge in [-0.25, -0.2) is 4.39 Å². The molecule has 2 atom stereocenters. The second-order valence-corrected chi connectivity index (χ2v) is 13.2. The molecule has 0 radical (unpaired) electrons. The lowest BCUT2D eigenvalue weighted by atomic mass is 9.89. The third-order valence-corrected chi connectivity index (χ3v) is 8.30. The minimum atomic E-state index is -5.07. The van der Waals surface area contributed by atoms with Crippen LogP contribution in [-0.4, -0.2) is 48.6 Å². The van der Waals surface area contributed by atoms with Crippen molar-refractivity contribution in [2.75, 3.05) is 27.2 Å². The minimum Gasteiger partial charge on any atom is -0.466 e. The maximum Gasteiger partial charge on any atom is 0.419 e. The Hall–Kier alpha value is -3.99. The van der Waals surface area contributed by atoms with Gasteiger partial charge in [0.15, 0.2) is 0 Å². The summed E-state index contributed by atoms with van der Waals surface area (Å²) in [6.07, 6.45) is -3.25. The summed E-state index contributed by atoms with van der Waals surface area (Å²) in [7, 11) is 3.84. The maximum absolute atomic E-state index is 16.0. The van der Waals surface area contributed by atoms with Gasteiger partial charge in [-0.05, 0) is 113 Å². The van der Waals surface area contributed by atoms with Crippen LogP contribution in [0.2, 0.25) is 0 Å². The summed E-state index contributed by atoms with van der Waals surface area (Å²) in [5.74, 6) is -3.24. The molecule has 3 rings (SSSR count). The zero-order valence-electron chi connectivity index (χ0n) is 29.3. The van der Waals surface area contributed by atoms with Crippen LogP contribution < -0.4 is 10.9 Å². The number of nitrogens with one attached hydrogen (secondary N) is 1. The number of esters is 1. The van der Waals surface area contributed by atoms with Crippen LogP contribution in [0.5, 0.6) is 0 Å². The molecule has 11 heteroatoms. The molecule has 1 amide bonds. The van der Waals surface area contributed by atoms with Gasteiger partial charge < -0.3 is 19.5 Å². The Bertz CT molecular complexity index is 1670. The van der Waals surface area contributed by atoms with E-state index >= 15 is 4.39 Å². The molecule has 1 N–H and O–H groups in total. The van der Waals surface area contributed by atoms with Crippen LogP contribution in [0, 0.1) is 39.4 Å². The van der Waals surface area contributed by atoms with Crippen LogP contribution >= 0.6 is 0 Å². The third-order valence-electron chi connectivity index (χ3n) is 8.30. The number of halogens is 4. The van der Waals surface area contributed by atoms with Crippen molar-refractivity contribution in [3.05, 3.63) is 91.6 Å². The molecule has 0 spiro atoms. The first kappa shape index (κ1) is 38.5. The third kappa shape index (κ3) is 9.55. The molecule has 0 fully saturated rings. The molecule has 0 saturated heterocycles. The van der Waals surface area contributed by atoms with Gasteiger partial charge in [-0.1, -0.05) is 31.5 Å². The van der Waals surface area contributed by atoms with Crippen LogP contribution in [0.3, 0.4) is 0 Å². The van der Waals surface area contributed by atoms with Crippen molar-refractivity contribution < 1.29 is 31.9 Å². The number of likely N-dealkylation sites (N-methyl/N-ethyl adjacent to an activating group) is 1. The number of rotatable bonds is 13. The van der Waals surface area contributed by atoms with E-state index in [2.05, 4.69) is 5.32 Å². The average Bonchev–Trinajstić information content (AvgIpc) is 2.94. The maximum atomic E-state index is 16.0. The highest BCUT2D eigenvalue weighted by molar-refractivity contribution is 5.82. The molecular weight excluding hydrogens is 626 g/mol. The fourth-order valence-electron chi connectivity index (χ4n) is 6.11. The Labute approximate surface area is 280 Å². The van der Waals surface area contributed by atoms with E-state index in [4.69, 9.17) is 4.74 Å². The van der Waals surface area contributed by atoms with E-state index in [9.17, 15) is 27.6 Å². The van der Waals surface area contributed by atoms with E-state index in [1.54, 1.807) is 27.0 Å². The molecule has 0 aliphatic heterocycles. The molecule has 0 aliphatic rings. The predicted octanol–water partition coefficient (Wildman–Crippen LogP) is 7.41. The number of ether oxygens (including phenoxy) is 1. The number of amides is 1. The number of alkyl halides is 3. The van der Waals surface area contributed by atoms with Crippen molar-refractivity contribution in [2.24, 2.45) is 5.92 Å². The van der Waals surface area contributed by atoms with Crippen molar-refractivity contribution in [3.63, 3.8) is 0 Å². The van der Waals surface area contributed by atoms with Gasteiger partial charge in [0.05, 0.1) is 24.6 Å². The molecule has 1 aromatic heterocycles. The lowest BCUT2D eigenvalue weighted by molar-refractivity contribution is -0.144. The zero-order chi connectivity index (χ0) is 36.1. The number of carbonyl (C=O) groups excluding carboxylic acids is 2. The number of nitrogens with zero attached hydrogens (tertiary/aromatic N) is 2. The average molecular weight is 674 g/mol. The number of pyridine rings is 1. The van der Waals surface area contributed by atoms with Crippen molar-refractivity contribution in [3.8, 4) is 11.1 Å². The second kappa shape index (κ2) is 15.9. The quantitative estimate of drug-likeness (QED) is 0.151. The van der Waals surface area contributed by atoms with Gasteiger partial charge in [0.1, 0.15) is 11.9 Å². The SMILES string of the molecule is CCOC(=O)C[C@H](NC(=O)C(CC(C)C)n1cc(CCN(C)C)c(C)cc1=O)c1cc(-c2c(C)cc(C)cc2C)cc(C(F)(F)F)c1F. The summed E-state index contributed by atoms with van der Waals surface area (Å²) in [4.78, 5) is 42.2. The molecular formula is C37H47F4N3O4. The van der Waals surface area contributed by atoms with Gasteiger partial charge in [0, 0.05) is 24.4 Å². The topological polar surface area (TPSA) is 80.6 Å². The highest BCUT2D eigenvalue weighted by atomic mass is 19.4. The summed E-state index contributed by atoms with van der Waals surface area (Å²) in [5, 5.41) is 2.66. The number of hydrogen-bond acceptors (Lipinski definition) is 5. The first-order chi connectivity index (χ1) is 22.3. The number of carbonyl (C=O) groups is 2. The molecule has 48 heavy (non-hydrogen) atoms. The molecule has 1 heterocycles. The molecule has 0 bridgehead atoms. The molecule has 2 aromatic carbocycles. The van der Waals surface area contributed by atoms with E-state index in [0.29, 0.717) is 29.7 Å². The Morgan fingerprint density at radius 1 is 0.979 bits per heavy atom. The normalized spacial score (nSPS) is 13.1. The zero-order valence-corrected chi connectivity index (χ0v) is 29.3. The fraction of sp³-hybridized carbons (Fsp3) is 0.486. The van der Waals surface area contributed by atoms with Gasteiger partial charge in [-0.15, -0.1) is 0 Å². The van der Waals surface area contributed by atoms with Crippen LogP contribution in [0.15, 0.2) is 41.3 Å². The van der Waals surface area contributed by atoms with Crippen LogP contribution in [-0.2, 0) is 26.9 Å². The fourth-order valence-corrected chi connectivity index (χ4v) is 6.11. The van der Waals surface area contributed by atoms with Crippen molar-refractivity contribution >= 4 is 11.9 Å². The lowest BCUT2D eigenvalue weighted by Gasteiger charge is -2.27. The molecule has 0 saturated carbocycles. The monoisotopic (exact) mass is 673 g/mol. The van der Waals surface area contributed by atoms with Gasteiger partial charge in [-0.3, -0.25) is 14.4 Å². The lowest BCUT2D eigenvalue weighted by Crippen LogP contribution is -2.40. The van der Waals surface area contributed by atoms with Gasteiger partial charge in [-0.2, -0.15) is 13.2 Å². The van der Waals surface area contributed by atoms with E-state index in [0.717, 1.165) is 22.8 Å². The second-order valence-electron chi connectivity index (χ2n) is 13.2. The first-order valence-electron chi connectivity index (χ1n) is 16.1. The Morgan fingerprint density at radius 2 is 1.60 bits per heavy atom. The number of aromatic nitrogens is 1. The highest BCUT2D eigenvalue weighted by Gasteiger charge is 2.38. The Kier molecular flexibility index (Phi) is 12.8. The molecule has 3 aromatic rings. The highest BCUT2D eigenvalue weighted by Crippen LogP contribution is 2.40. The van der Waals surface area contributed by atoms with Gasteiger partial charge in [0.2, 0.25) is 5.91 Å². The van der Waals surface area contributed by atoms with Crippen LogP contribution in [0.25, 0.3) is 11.1 Å². The Balaban J connectivity index is 2.23. The number of hydrogen-bond donors (Lipinski definition) is 1. The largest absolute Gasteiger partial charge is 0.466 e. The number of aryl methyl sites for hydroxylation is 4. The van der Waals surface area contributed by atoms with Gasteiger partial charge >= 0.3 is 12.1 Å². The summed E-state index contributed by atoms with van der Waals surface area (Å²) in [5.41, 5.74) is 2.03.